The molecule has 0 aromatic heterocycles. The maximum atomic E-state index is 4.83. The van der Waals surface area contributed by atoms with Crippen molar-refractivity contribution in [2.75, 3.05) is 13.2 Å². The Hall–Kier alpha value is -0.480. The Morgan fingerprint density at radius 2 is 1.56 bits per heavy atom. The fourth-order valence-corrected chi connectivity index (χ4v) is 0.204. The lowest BCUT2D eigenvalue weighted by Crippen LogP contribution is -1.84. The molecule has 0 aliphatic heterocycles. The van der Waals surface area contributed by atoms with Crippen LogP contribution >= 0.6 is 0 Å². The molecule has 0 amide bonds. The Balaban J connectivity index is 0. The molecule has 0 bridgehead atoms. The van der Waals surface area contributed by atoms with Gasteiger partial charge in [0.1, 0.15) is 0 Å². The smallest absolute Gasteiger partial charge is 0.0437 e. The predicted octanol–water partition coefficient (Wildman–Crippen LogP) is 2.07. The second-order valence-electron chi connectivity index (χ2n) is 1.34. The Labute approximate surface area is 58.4 Å². The highest BCUT2D eigenvalue weighted by atomic mass is 16.5. The van der Waals surface area contributed by atoms with Crippen LogP contribution in [0.15, 0.2) is 0 Å². The molecule has 9 heavy (non-hydrogen) atoms. The molecule has 0 aromatic carbocycles. The van der Waals surface area contributed by atoms with Gasteiger partial charge in [-0.05, 0) is 13.8 Å². The first kappa shape index (κ1) is 11.3. The summed E-state index contributed by atoms with van der Waals surface area (Å²) in [5.41, 5.74) is 0. The quantitative estimate of drug-likeness (QED) is 0.517. The standard InChI is InChI=1S/C4H10O.C4H6/c1-3-5-4-2;1-3-4-2/h3-4H2,1-2H3;1H,4H2,2H3. The van der Waals surface area contributed by atoms with E-state index in [-0.39, 0.29) is 0 Å². The van der Waals surface area contributed by atoms with Gasteiger partial charge in [-0.25, -0.2) is 0 Å². The lowest BCUT2D eigenvalue weighted by Gasteiger charge is -1.86. The minimum absolute atomic E-state index is 0.844. The second-order valence-corrected chi connectivity index (χ2v) is 1.34. The molecule has 0 spiro atoms. The van der Waals surface area contributed by atoms with Crippen molar-refractivity contribution in [3.05, 3.63) is 0 Å². The van der Waals surface area contributed by atoms with Gasteiger partial charge in [0.15, 0.2) is 0 Å². The molecule has 0 aliphatic rings. The molecule has 0 rings (SSSR count). The third-order valence-electron chi connectivity index (χ3n) is 0.612. The zero-order chi connectivity index (χ0) is 7.54. The van der Waals surface area contributed by atoms with Gasteiger partial charge in [-0.2, -0.15) is 0 Å². The molecule has 0 heterocycles. The summed E-state index contributed by atoms with van der Waals surface area (Å²) in [5, 5.41) is 0. The summed E-state index contributed by atoms with van der Waals surface area (Å²) in [6.45, 7) is 7.61. The Bertz CT molecular complexity index is 59.5. The predicted molar refractivity (Wildman–Crippen MR) is 41.3 cm³/mol. The zero-order valence-corrected chi connectivity index (χ0v) is 6.61. The van der Waals surface area contributed by atoms with Gasteiger partial charge in [0.05, 0.1) is 0 Å². The SMILES string of the molecule is C#CCC.CCOCC. The van der Waals surface area contributed by atoms with Crippen molar-refractivity contribution in [1.29, 1.82) is 0 Å². The molecule has 0 fully saturated rings. The van der Waals surface area contributed by atoms with Gasteiger partial charge < -0.3 is 4.74 Å². The summed E-state index contributed by atoms with van der Waals surface area (Å²) in [7, 11) is 0. The Kier molecular flexibility index (Phi) is 19.7. The van der Waals surface area contributed by atoms with E-state index in [1.54, 1.807) is 0 Å². The van der Waals surface area contributed by atoms with E-state index in [1.807, 2.05) is 20.8 Å². The zero-order valence-electron chi connectivity index (χ0n) is 6.61. The maximum Gasteiger partial charge on any atom is 0.0437 e. The maximum absolute atomic E-state index is 4.83. The topological polar surface area (TPSA) is 9.23 Å². The van der Waals surface area contributed by atoms with Crippen LogP contribution in [-0.2, 0) is 4.74 Å². The minimum Gasteiger partial charge on any atom is -0.382 e. The lowest BCUT2D eigenvalue weighted by molar-refractivity contribution is 0.162. The van der Waals surface area contributed by atoms with Crippen LogP contribution in [0, 0.1) is 12.3 Å². The molecule has 1 nitrogen and oxygen atoms in total. The number of rotatable bonds is 2. The Morgan fingerprint density at radius 3 is 1.56 bits per heavy atom. The molecule has 0 aliphatic carbocycles. The van der Waals surface area contributed by atoms with E-state index in [0.717, 1.165) is 19.6 Å². The van der Waals surface area contributed by atoms with Crippen LogP contribution < -0.4 is 0 Å². The van der Waals surface area contributed by atoms with E-state index >= 15 is 0 Å². The van der Waals surface area contributed by atoms with Crippen LogP contribution in [0.3, 0.4) is 0 Å². The third-order valence-corrected chi connectivity index (χ3v) is 0.612. The highest BCUT2D eigenvalue weighted by molar-refractivity contribution is 4.80. The summed E-state index contributed by atoms with van der Waals surface area (Å²) >= 11 is 0. The van der Waals surface area contributed by atoms with E-state index in [2.05, 4.69) is 5.92 Å². The van der Waals surface area contributed by atoms with Crippen LogP contribution in [0.4, 0.5) is 0 Å². The normalized spacial score (nSPS) is 6.89. The van der Waals surface area contributed by atoms with Gasteiger partial charge in [-0.1, -0.05) is 6.92 Å². The van der Waals surface area contributed by atoms with Crippen molar-refractivity contribution in [3.8, 4) is 12.3 Å². The van der Waals surface area contributed by atoms with Crippen molar-refractivity contribution in [1.82, 2.24) is 0 Å². The summed E-state index contributed by atoms with van der Waals surface area (Å²) in [6, 6.07) is 0. The molecule has 0 atom stereocenters. The van der Waals surface area contributed by atoms with E-state index in [4.69, 9.17) is 11.2 Å². The van der Waals surface area contributed by atoms with Gasteiger partial charge >= 0.3 is 0 Å². The first-order valence-electron chi connectivity index (χ1n) is 3.34. The van der Waals surface area contributed by atoms with Crippen molar-refractivity contribution in [3.63, 3.8) is 0 Å². The number of ether oxygens (including phenoxy) is 1. The fourth-order valence-electron chi connectivity index (χ4n) is 0.204. The third kappa shape index (κ3) is 36.1. The van der Waals surface area contributed by atoms with Gasteiger partial charge in [0.2, 0.25) is 0 Å². The molecule has 0 saturated carbocycles. The summed E-state index contributed by atoms with van der Waals surface area (Å²) in [4.78, 5) is 0. The van der Waals surface area contributed by atoms with Gasteiger partial charge in [-0.3, -0.25) is 0 Å². The number of hydrogen-bond donors (Lipinski definition) is 0. The largest absolute Gasteiger partial charge is 0.382 e. The fraction of sp³-hybridized carbons (Fsp3) is 0.750. The van der Waals surface area contributed by atoms with Crippen molar-refractivity contribution in [2.24, 2.45) is 0 Å². The number of hydrogen-bond acceptors (Lipinski definition) is 1. The van der Waals surface area contributed by atoms with E-state index in [9.17, 15) is 0 Å². The molecule has 0 aromatic rings. The van der Waals surface area contributed by atoms with Crippen LogP contribution in [0.5, 0.6) is 0 Å². The van der Waals surface area contributed by atoms with Crippen molar-refractivity contribution in [2.45, 2.75) is 27.2 Å². The van der Waals surface area contributed by atoms with Gasteiger partial charge in [0.25, 0.3) is 0 Å². The molecule has 0 radical (unpaired) electrons. The Morgan fingerprint density at radius 1 is 1.22 bits per heavy atom. The highest BCUT2D eigenvalue weighted by Gasteiger charge is 1.64. The summed E-state index contributed by atoms with van der Waals surface area (Å²) < 4.78 is 4.83. The van der Waals surface area contributed by atoms with Gasteiger partial charge in [0, 0.05) is 19.6 Å². The van der Waals surface area contributed by atoms with Crippen molar-refractivity contribution >= 4 is 0 Å². The van der Waals surface area contributed by atoms with Crippen LogP contribution in [0.2, 0.25) is 0 Å². The highest BCUT2D eigenvalue weighted by Crippen LogP contribution is 1.64. The van der Waals surface area contributed by atoms with Crippen LogP contribution in [0.25, 0.3) is 0 Å². The summed E-state index contributed by atoms with van der Waals surface area (Å²) in [5.74, 6) is 2.43. The molecule has 0 unspecified atom stereocenters. The molecule has 0 saturated heterocycles. The van der Waals surface area contributed by atoms with Crippen LogP contribution in [-0.4, -0.2) is 13.2 Å². The van der Waals surface area contributed by atoms with Gasteiger partial charge in [-0.15, -0.1) is 12.3 Å². The molecule has 1 heteroatoms. The van der Waals surface area contributed by atoms with Crippen LogP contribution in [0.1, 0.15) is 27.2 Å². The lowest BCUT2D eigenvalue weighted by atomic mass is 10.5. The second kappa shape index (κ2) is 15.6. The van der Waals surface area contributed by atoms with E-state index in [0.29, 0.717) is 0 Å². The number of terminal acetylenes is 1. The molecule has 54 valence electrons. The average molecular weight is 128 g/mol. The van der Waals surface area contributed by atoms with E-state index in [1.165, 1.54) is 0 Å². The van der Waals surface area contributed by atoms with E-state index < -0.39 is 0 Å². The first-order valence-corrected chi connectivity index (χ1v) is 3.34. The molecular weight excluding hydrogens is 112 g/mol. The molecule has 0 N–H and O–H groups in total. The van der Waals surface area contributed by atoms with Crippen molar-refractivity contribution < 1.29 is 4.74 Å². The molecular formula is C8H16O. The monoisotopic (exact) mass is 128 g/mol. The average Bonchev–Trinajstić information content (AvgIpc) is 1.91. The summed E-state index contributed by atoms with van der Waals surface area (Å²) in [6.07, 6.45) is 5.62. The first-order chi connectivity index (χ1) is 4.33. The minimum atomic E-state index is 0.844.